The lowest BCUT2D eigenvalue weighted by Crippen LogP contribution is -2.50. The number of rotatable bonds is 6. The van der Waals surface area contributed by atoms with E-state index in [2.05, 4.69) is 102 Å². The standard InChI is InChI=1S/2C26H33NO2.2CH4O3S/c2*1-17(28)29-20-10-12-25(2)19(15-20)6-7-21-23-9-8-22(18-5-4-14-27-16-18)26(23,3)13-11-24(21)25;1-5(2,3)4;1-5-4-3-2/h2*4-6,8,14,16,20-21,23-24H,7,9-13,15H2,1-3H3;1H3,(H,2,3,4);2H,1H3/p+1/t2*20-,21?,23?,24?,25-,26+;;/m00../s1. The zero-order valence-corrected chi connectivity index (χ0v) is 43.0. The molecule has 372 valence electrons. The predicted octanol–water partition coefficient (Wildman–Crippen LogP) is 11.5. The highest BCUT2D eigenvalue weighted by atomic mass is 32.2. The van der Waals surface area contributed by atoms with E-state index in [1.807, 2.05) is 18.6 Å². The van der Waals surface area contributed by atoms with Crippen LogP contribution < -0.4 is 4.98 Å². The van der Waals surface area contributed by atoms with E-state index in [1.54, 1.807) is 23.0 Å². The van der Waals surface area contributed by atoms with Gasteiger partial charge in [-0.15, -0.1) is 4.33 Å². The summed E-state index contributed by atoms with van der Waals surface area (Å²) in [6, 6.07) is 8.68. The first-order chi connectivity index (χ1) is 32.2. The maximum Gasteiger partial charge on any atom is 0.302 e. The number of nitrogens with zero attached hydrogens (tertiary/aromatic N) is 1. The number of H-pyrrole nitrogens is 1. The lowest BCUT2D eigenvalue weighted by molar-refractivity contribution is -0.432. The summed E-state index contributed by atoms with van der Waals surface area (Å²) in [5, 5.41) is 10.5. The molecule has 2 aromatic heterocycles. The Morgan fingerprint density at radius 2 is 1.18 bits per heavy atom. The molecule has 68 heavy (non-hydrogen) atoms. The maximum atomic E-state index is 11.4. The van der Waals surface area contributed by atoms with Crippen LogP contribution >= 0.6 is 12.0 Å². The molecule has 0 spiro atoms. The number of fused-ring (bicyclic) bond motifs is 10. The van der Waals surface area contributed by atoms with Crippen LogP contribution in [0.4, 0.5) is 0 Å². The Kier molecular flexibility index (Phi) is 16.4. The second kappa shape index (κ2) is 21.4. The van der Waals surface area contributed by atoms with Gasteiger partial charge in [0.05, 0.1) is 6.26 Å². The number of aromatic amines is 1. The summed E-state index contributed by atoms with van der Waals surface area (Å²) in [6.07, 6.45) is 37.0. The van der Waals surface area contributed by atoms with Crippen LogP contribution in [0.15, 0.2) is 84.5 Å². The number of carbonyl (C=O) groups is 2. The highest BCUT2D eigenvalue weighted by molar-refractivity contribution is 7.93. The minimum absolute atomic E-state index is 0.0857. The van der Waals surface area contributed by atoms with Gasteiger partial charge in [0.2, 0.25) is 0 Å². The predicted molar refractivity (Wildman–Crippen MR) is 264 cm³/mol. The summed E-state index contributed by atoms with van der Waals surface area (Å²) < 4.78 is 40.8. The van der Waals surface area contributed by atoms with E-state index < -0.39 is 10.1 Å². The molecule has 2 aromatic rings. The average Bonchev–Trinajstić information content (AvgIpc) is 3.84. The minimum Gasteiger partial charge on any atom is -0.462 e. The molecule has 4 fully saturated rings. The van der Waals surface area contributed by atoms with Crippen molar-refractivity contribution in [3.8, 4) is 0 Å². The molecule has 0 amide bonds. The third-order valence-corrected chi connectivity index (χ3v) is 18.2. The average molecular weight is 976 g/mol. The van der Waals surface area contributed by atoms with Gasteiger partial charge < -0.3 is 9.47 Å². The van der Waals surface area contributed by atoms with Gasteiger partial charge >= 0.3 is 11.9 Å². The van der Waals surface area contributed by atoms with Crippen molar-refractivity contribution in [1.29, 1.82) is 0 Å². The molecule has 0 aromatic carbocycles. The van der Waals surface area contributed by atoms with Crippen molar-refractivity contribution in [3.05, 3.63) is 95.6 Å². The summed E-state index contributed by atoms with van der Waals surface area (Å²) >= 11 is 0.929. The van der Waals surface area contributed by atoms with E-state index in [-0.39, 0.29) is 35.0 Å². The molecular formula is C54H75N2O10S2+. The Bertz CT molecular complexity index is 2200. The smallest absolute Gasteiger partial charge is 0.302 e. The van der Waals surface area contributed by atoms with Gasteiger partial charge in [-0.3, -0.25) is 19.1 Å². The lowest BCUT2D eigenvalue weighted by atomic mass is 9.47. The van der Waals surface area contributed by atoms with E-state index in [4.69, 9.17) is 19.3 Å². The maximum absolute atomic E-state index is 11.4. The Balaban J connectivity index is 0.000000168. The molecule has 12 atom stereocenters. The van der Waals surface area contributed by atoms with Crippen LogP contribution in [0.25, 0.3) is 11.1 Å². The Labute approximate surface area is 409 Å². The lowest BCUT2D eigenvalue weighted by Gasteiger charge is -2.57. The Morgan fingerprint density at radius 3 is 1.57 bits per heavy atom. The van der Waals surface area contributed by atoms with E-state index in [1.165, 1.54) is 81.9 Å². The molecule has 0 bridgehead atoms. The highest BCUT2D eigenvalue weighted by Gasteiger charge is 2.59. The summed E-state index contributed by atoms with van der Waals surface area (Å²) in [5.74, 6) is 4.28. The summed E-state index contributed by atoms with van der Waals surface area (Å²) in [4.78, 5) is 30.5. The van der Waals surface area contributed by atoms with Gasteiger partial charge in [-0.1, -0.05) is 74.2 Å². The largest absolute Gasteiger partial charge is 0.462 e. The second-order valence-corrected chi connectivity index (χ2v) is 23.6. The van der Waals surface area contributed by atoms with Crippen LogP contribution in [0.1, 0.15) is 143 Å². The van der Waals surface area contributed by atoms with Crippen molar-refractivity contribution in [2.24, 2.45) is 57.2 Å². The third-order valence-electron chi connectivity index (χ3n) is 18.0. The first-order valence-corrected chi connectivity index (χ1v) is 27.7. The number of aromatic nitrogens is 2. The van der Waals surface area contributed by atoms with Gasteiger partial charge in [-0.25, -0.2) is 10.2 Å². The topological polar surface area (TPSA) is 173 Å². The van der Waals surface area contributed by atoms with Crippen molar-refractivity contribution in [1.82, 2.24) is 4.98 Å². The number of nitrogens with one attached hydrogen (secondary N) is 1. The van der Waals surface area contributed by atoms with Gasteiger partial charge in [0, 0.05) is 69.0 Å². The molecule has 0 radical (unpaired) electrons. The highest BCUT2D eigenvalue weighted by Crippen LogP contribution is 2.68. The Morgan fingerprint density at radius 1 is 0.706 bits per heavy atom. The fourth-order valence-electron chi connectivity index (χ4n) is 15.1. The second-order valence-electron chi connectivity index (χ2n) is 21.7. The molecular weight excluding hydrogens is 901 g/mol. The van der Waals surface area contributed by atoms with Crippen LogP contribution in [0.2, 0.25) is 0 Å². The van der Waals surface area contributed by atoms with Crippen LogP contribution in [0.5, 0.6) is 0 Å². The fraction of sp³-hybridized carbons (Fsp3) is 0.630. The van der Waals surface area contributed by atoms with E-state index >= 15 is 0 Å². The van der Waals surface area contributed by atoms with Crippen LogP contribution in [-0.4, -0.2) is 59.9 Å². The third kappa shape index (κ3) is 11.0. The van der Waals surface area contributed by atoms with Crippen LogP contribution in [0.3, 0.4) is 0 Å². The molecule has 12 nitrogen and oxygen atoms in total. The molecule has 8 aliphatic rings. The molecule has 3 N–H and O–H groups in total. The van der Waals surface area contributed by atoms with E-state index in [0.29, 0.717) is 17.1 Å². The number of allylic oxidation sites excluding steroid dienone is 6. The minimum atomic E-state index is -3.67. The quantitative estimate of drug-likeness (QED) is 0.0702. The molecule has 6 unspecified atom stereocenters. The zero-order valence-electron chi connectivity index (χ0n) is 41.4. The van der Waals surface area contributed by atoms with Crippen LogP contribution in [-0.2, 0) is 38.6 Å². The van der Waals surface area contributed by atoms with Gasteiger partial charge in [-0.2, -0.15) is 8.42 Å². The number of esters is 2. The normalized spacial score (nSPS) is 36.3. The summed E-state index contributed by atoms with van der Waals surface area (Å²) in [7, 11) is -3.67. The summed E-state index contributed by atoms with van der Waals surface area (Å²) in [6.45, 7) is 13.1. The molecule has 14 heteroatoms. The number of hydrogen-bond acceptors (Lipinski definition) is 11. The van der Waals surface area contributed by atoms with Gasteiger partial charge in [-0.05, 0) is 163 Å². The number of pyridine rings is 2. The van der Waals surface area contributed by atoms with Crippen molar-refractivity contribution in [2.45, 2.75) is 144 Å². The van der Waals surface area contributed by atoms with Crippen molar-refractivity contribution >= 4 is 45.2 Å². The number of hydrogen-bond donors (Lipinski definition) is 2. The monoisotopic (exact) mass is 975 g/mol. The van der Waals surface area contributed by atoms with E-state index in [0.717, 1.165) is 86.1 Å². The van der Waals surface area contributed by atoms with Crippen molar-refractivity contribution in [3.63, 3.8) is 0 Å². The van der Waals surface area contributed by atoms with Crippen LogP contribution in [0, 0.1) is 57.2 Å². The van der Waals surface area contributed by atoms with Gasteiger partial charge in [0.15, 0.2) is 12.4 Å². The SMILES string of the molecule is CC(=O)O[C@H]1CC[C@@]2(C)C(=CCC3C2CC[C@]2(C)C(c4ccc[nH+]c4)=CCC32)C1.CC(=O)O[C@H]1CC[C@@]2(C)C(=CCC3C2CC[C@]2(C)C(c4cccnc4)=CCC32)C1.CS(=O)(=O)O.CSOOO. The Hall–Kier alpha value is -3.66. The summed E-state index contributed by atoms with van der Waals surface area (Å²) in [5.41, 5.74) is 10.1. The van der Waals surface area contributed by atoms with Crippen molar-refractivity contribution in [2.75, 3.05) is 12.5 Å². The molecule has 2 heterocycles. The van der Waals surface area contributed by atoms with Gasteiger partial charge in [0.1, 0.15) is 12.2 Å². The van der Waals surface area contributed by atoms with Crippen molar-refractivity contribution < 1.29 is 51.6 Å². The molecule has 8 aliphatic carbocycles. The first-order valence-electron chi connectivity index (χ1n) is 24.7. The molecule has 0 saturated heterocycles. The van der Waals surface area contributed by atoms with E-state index in [9.17, 15) is 18.0 Å². The first kappa shape index (κ1) is 52.2. The fourth-order valence-corrected chi connectivity index (χ4v) is 15.1. The zero-order chi connectivity index (χ0) is 49.1. The molecule has 4 saturated carbocycles. The molecule has 10 rings (SSSR count). The van der Waals surface area contributed by atoms with Gasteiger partial charge in [0.25, 0.3) is 10.1 Å². The number of ether oxygens (including phenoxy) is 2. The molecule has 0 aliphatic heterocycles. The number of carbonyl (C=O) groups excluding carboxylic acids is 2.